The molecule has 0 saturated carbocycles. The quantitative estimate of drug-likeness (QED) is 0.594. The first-order valence-corrected chi connectivity index (χ1v) is 11.6. The number of anilines is 1. The molecule has 0 radical (unpaired) electrons. The molecule has 9 nitrogen and oxygen atoms in total. The van der Waals surface area contributed by atoms with Crippen molar-refractivity contribution in [2.75, 3.05) is 50.8 Å². The Bertz CT molecular complexity index is 1070. The standard InChI is InChI=1S/C25H29FN4O5/c1-17(31)28-14-21-16-30(25(33)35-21)20-6-7-22(23(26)12-20)19-4-2-18(3-5-19)13-27-15-24(32)29-8-10-34-11-9-29/h2-7,12,21,27H,8-11,13-16H2,1H3,(H,28,31). The number of benzene rings is 2. The Morgan fingerprint density at radius 3 is 2.54 bits per heavy atom. The van der Waals surface area contributed by atoms with Crippen LogP contribution in [0.1, 0.15) is 12.5 Å². The van der Waals surface area contributed by atoms with Gasteiger partial charge in [0, 0.05) is 32.1 Å². The van der Waals surface area contributed by atoms with Crippen LogP contribution in [0.4, 0.5) is 14.9 Å². The van der Waals surface area contributed by atoms with Gasteiger partial charge in [-0.3, -0.25) is 14.5 Å². The molecular formula is C25H29FN4O5. The number of hydrogen-bond acceptors (Lipinski definition) is 6. The van der Waals surface area contributed by atoms with Crippen molar-refractivity contribution in [1.82, 2.24) is 15.5 Å². The SMILES string of the molecule is CC(=O)NCC1CN(c2ccc(-c3ccc(CNCC(=O)N4CCOCC4)cc3)c(F)c2)C(=O)O1. The van der Waals surface area contributed by atoms with E-state index in [2.05, 4.69) is 10.6 Å². The van der Waals surface area contributed by atoms with E-state index in [0.717, 1.165) is 5.56 Å². The van der Waals surface area contributed by atoms with Crippen LogP contribution in [0.25, 0.3) is 11.1 Å². The summed E-state index contributed by atoms with van der Waals surface area (Å²) in [5.74, 6) is -0.615. The molecule has 10 heteroatoms. The molecule has 0 aromatic heterocycles. The van der Waals surface area contributed by atoms with Crippen LogP contribution in [0.3, 0.4) is 0 Å². The summed E-state index contributed by atoms with van der Waals surface area (Å²) in [5, 5.41) is 5.77. The summed E-state index contributed by atoms with van der Waals surface area (Å²) >= 11 is 0. The van der Waals surface area contributed by atoms with E-state index in [9.17, 15) is 18.8 Å². The van der Waals surface area contributed by atoms with Gasteiger partial charge in [0.15, 0.2) is 0 Å². The first kappa shape index (κ1) is 24.6. The molecule has 0 aliphatic carbocycles. The molecule has 4 rings (SSSR count). The van der Waals surface area contributed by atoms with Crippen molar-refractivity contribution >= 4 is 23.6 Å². The van der Waals surface area contributed by atoms with Gasteiger partial charge >= 0.3 is 6.09 Å². The number of rotatable bonds is 8. The van der Waals surface area contributed by atoms with Crippen LogP contribution in [0.15, 0.2) is 42.5 Å². The van der Waals surface area contributed by atoms with Crippen LogP contribution in [0.5, 0.6) is 0 Å². The van der Waals surface area contributed by atoms with Crippen molar-refractivity contribution in [2.45, 2.75) is 19.6 Å². The molecule has 3 amide bonds. The number of carbonyl (C=O) groups is 3. The molecule has 1 atom stereocenters. The molecule has 2 aromatic rings. The van der Waals surface area contributed by atoms with Crippen LogP contribution >= 0.6 is 0 Å². The third-order valence-corrected chi connectivity index (χ3v) is 5.95. The highest BCUT2D eigenvalue weighted by atomic mass is 19.1. The lowest BCUT2D eigenvalue weighted by Gasteiger charge is -2.26. The summed E-state index contributed by atoms with van der Waals surface area (Å²) < 4.78 is 25.4. The molecule has 0 bridgehead atoms. The summed E-state index contributed by atoms with van der Waals surface area (Å²) in [6, 6.07) is 12.0. The lowest BCUT2D eigenvalue weighted by atomic mass is 10.0. The normalized spacial score (nSPS) is 17.9. The number of nitrogens with one attached hydrogen (secondary N) is 2. The van der Waals surface area contributed by atoms with Gasteiger partial charge < -0.3 is 25.0 Å². The van der Waals surface area contributed by atoms with E-state index in [-0.39, 0.29) is 31.4 Å². The van der Waals surface area contributed by atoms with Gasteiger partial charge in [0.2, 0.25) is 11.8 Å². The highest BCUT2D eigenvalue weighted by Gasteiger charge is 2.32. The third-order valence-electron chi connectivity index (χ3n) is 5.95. The highest BCUT2D eigenvalue weighted by Crippen LogP contribution is 2.29. The Morgan fingerprint density at radius 2 is 1.86 bits per heavy atom. The van der Waals surface area contributed by atoms with Gasteiger partial charge in [-0.1, -0.05) is 24.3 Å². The maximum Gasteiger partial charge on any atom is 0.414 e. The number of halogens is 1. The van der Waals surface area contributed by atoms with Gasteiger partial charge in [0.05, 0.1) is 38.5 Å². The predicted molar refractivity (Wildman–Crippen MR) is 127 cm³/mol. The third kappa shape index (κ3) is 6.34. The maximum absolute atomic E-state index is 14.9. The molecule has 186 valence electrons. The van der Waals surface area contributed by atoms with Crippen LogP contribution in [0, 0.1) is 5.82 Å². The molecular weight excluding hydrogens is 455 g/mol. The number of morpholine rings is 1. The van der Waals surface area contributed by atoms with Crippen molar-refractivity contribution < 1.29 is 28.2 Å². The van der Waals surface area contributed by atoms with E-state index in [0.29, 0.717) is 49.7 Å². The second-order valence-electron chi connectivity index (χ2n) is 8.51. The Hall–Kier alpha value is -3.50. The minimum atomic E-state index is -0.573. The number of ether oxygens (including phenoxy) is 2. The van der Waals surface area contributed by atoms with E-state index >= 15 is 0 Å². The van der Waals surface area contributed by atoms with Crippen LogP contribution < -0.4 is 15.5 Å². The summed E-state index contributed by atoms with van der Waals surface area (Å²) in [6.07, 6.45) is -1.06. The van der Waals surface area contributed by atoms with E-state index in [4.69, 9.17) is 9.47 Å². The molecule has 2 saturated heterocycles. The molecule has 2 aromatic carbocycles. The Morgan fingerprint density at radius 1 is 1.11 bits per heavy atom. The first-order valence-electron chi connectivity index (χ1n) is 11.6. The molecule has 0 spiro atoms. The zero-order chi connectivity index (χ0) is 24.8. The summed E-state index contributed by atoms with van der Waals surface area (Å²) in [6.45, 7) is 4.99. The molecule has 1 unspecified atom stereocenters. The topological polar surface area (TPSA) is 100 Å². The van der Waals surface area contributed by atoms with Gasteiger partial charge in [-0.25, -0.2) is 9.18 Å². The summed E-state index contributed by atoms with van der Waals surface area (Å²) in [7, 11) is 0. The second-order valence-corrected chi connectivity index (χ2v) is 8.51. The Balaban J connectivity index is 1.32. The molecule has 35 heavy (non-hydrogen) atoms. The predicted octanol–water partition coefficient (Wildman–Crippen LogP) is 1.90. The average Bonchev–Trinajstić information content (AvgIpc) is 3.24. The molecule has 2 aliphatic rings. The monoisotopic (exact) mass is 484 g/mol. The smallest absolute Gasteiger partial charge is 0.414 e. The molecule has 2 fully saturated rings. The fourth-order valence-corrected chi connectivity index (χ4v) is 4.04. The van der Waals surface area contributed by atoms with Crippen LogP contribution in [-0.4, -0.2) is 74.8 Å². The fraction of sp³-hybridized carbons (Fsp3) is 0.400. The maximum atomic E-state index is 14.9. The van der Waals surface area contributed by atoms with Crippen LogP contribution in [-0.2, 0) is 25.6 Å². The lowest BCUT2D eigenvalue weighted by molar-refractivity contribution is -0.134. The minimum Gasteiger partial charge on any atom is -0.442 e. The average molecular weight is 485 g/mol. The minimum absolute atomic E-state index is 0.0513. The highest BCUT2D eigenvalue weighted by molar-refractivity contribution is 5.90. The van der Waals surface area contributed by atoms with E-state index in [1.54, 1.807) is 17.0 Å². The zero-order valence-corrected chi connectivity index (χ0v) is 19.6. The number of carbonyl (C=O) groups excluding carboxylic acids is 3. The lowest BCUT2D eigenvalue weighted by Crippen LogP contribution is -2.44. The van der Waals surface area contributed by atoms with Gasteiger partial charge in [0.25, 0.3) is 0 Å². The van der Waals surface area contributed by atoms with Crippen molar-refractivity contribution in [3.05, 3.63) is 53.8 Å². The fourth-order valence-electron chi connectivity index (χ4n) is 4.04. The summed E-state index contributed by atoms with van der Waals surface area (Å²) in [5.41, 5.74) is 2.49. The van der Waals surface area contributed by atoms with Crippen molar-refractivity contribution in [3.63, 3.8) is 0 Å². The molecule has 2 heterocycles. The molecule has 2 N–H and O–H groups in total. The van der Waals surface area contributed by atoms with Crippen molar-refractivity contribution in [3.8, 4) is 11.1 Å². The Labute approximate surface area is 203 Å². The Kier molecular flexibility index (Phi) is 7.94. The first-order chi connectivity index (χ1) is 16.9. The van der Waals surface area contributed by atoms with Gasteiger partial charge in [-0.05, 0) is 29.3 Å². The van der Waals surface area contributed by atoms with E-state index in [1.165, 1.54) is 17.9 Å². The van der Waals surface area contributed by atoms with Gasteiger partial charge in [0.1, 0.15) is 11.9 Å². The van der Waals surface area contributed by atoms with Gasteiger partial charge in [-0.2, -0.15) is 0 Å². The van der Waals surface area contributed by atoms with Crippen LogP contribution in [0.2, 0.25) is 0 Å². The second kappa shape index (κ2) is 11.3. The number of hydrogen-bond donors (Lipinski definition) is 2. The summed E-state index contributed by atoms with van der Waals surface area (Å²) in [4.78, 5) is 38.6. The van der Waals surface area contributed by atoms with Crippen molar-refractivity contribution in [2.24, 2.45) is 0 Å². The van der Waals surface area contributed by atoms with E-state index in [1.807, 2.05) is 24.3 Å². The van der Waals surface area contributed by atoms with E-state index < -0.39 is 18.0 Å². The number of cyclic esters (lactones) is 1. The largest absolute Gasteiger partial charge is 0.442 e. The number of amides is 3. The zero-order valence-electron chi connectivity index (χ0n) is 19.6. The number of nitrogens with zero attached hydrogens (tertiary/aromatic N) is 2. The molecule has 2 aliphatic heterocycles. The van der Waals surface area contributed by atoms with Gasteiger partial charge in [-0.15, -0.1) is 0 Å². The van der Waals surface area contributed by atoms with Crippen molar-refractivity contribution in [1.29, 1.82) is 0 Å².